The van der Waals surface area contributed by atoms with Gasteiger partial charge in [0.25, 0.3) is 0 Å². The summed E-state index contributed by atoms with van der Waals surface area (Å²) in [6.07, 6.45) is 0. The van der Waals surface area contributed by atoms with Gasteiger partial charge in [0.1, 0.15) is 0 Å². The van der Waals surface area contributed by atoms with Crippen LogP contribution in [-0.2, 0) is 22.6 Å². The fourth-order valence-electron chi connectivity index (χ4n) is 2.79. The van der Waals surface area contributed by atoms with E-state index in [2.05, 4.69) is 67.5 Å². The molecule has 0 bridgehead atoms. The van der Waals surface area contributed by atoms with E-state index in [0.717, 1.165) is 51.9 Å². The first-order valence-electron chi connectivity index (χ1n) is 10.0. The van der Waals surface area contributed by atoms with Crippen molar-refractivity contribution in [1.82, 2.24) is 15.5 Å². The van der Waals surface area contributed by atoms with Crippen molar-refractivity contribution in [3.8, 4) is 0 Å². The van der Waals surface area contributed by atoms with Crippen LogP contribution in [0.4, 0.5) is 0 Å². The van der Waals surface area contributed by atoms with Gasteiger partial charge >= 0.3 is 0 Å². The van der Waals surface area contributed by atoms with Gasteiger partial charge in [0.05, 0.1) is 32.0 Å². The number of guanidine groups is 1. The van der Waals surface area contributed by atoms with E-state index in [9.17, 15) is 0 Å². The van der Waals surface area contributed by atoms with Gasteiger partial charge in [0.2, 0.25) is 0 Å². The first-order valence-corrected chi connectivity index (χ1v) is 10.0. The Morgan fingerprint density at radius 3 is 2.57 bits per heavy atom. The standard InChI is InChI=1S/C21H36N4O2.HI/c1-5-22-20(23-9-10-25-11-13-26-14-12-25)24-16-18-7-6-8-19(15-18)17-27-21(2,3)4;/h6-8,15H,5,9-14,16-17H2,1-4H3,(H2,22,23,24);1H. The molecular weight excluding hydrogens is 467 g/mol. The first kappa shape index (κ1) is 25.1. The van der Waals surface area contributed by atoms with E-state index in [0.29, 0.717) is 13.2 Å². The second-order valence-corrected chi connectivity index (χ2v) is 7.80. The van der Waals surface area contributed by atoms with Crippen LogP contribution >= 0.6 is 24.0 Å². The molecule has 1 fully saturated rings. The van der Waals surface area contributed by atoms with Crippen molar-refractivity contribution in [2.24, 2.45) is 4.99 Å². The molecule has 0 amide bonds. The van der Waals surface area contributed by atoms with Crippen LogP contribution in [0.1, 0.15) is 38.8 Å². The van der Waals surface area contributed by atoms with E-state index >= 15 is 0 Å². The molecule has 160 valence electrons. The van der Waals surface area contributed by atoms with Crippen molar-refractivity contribution >= 4 is 29.9 Å². The lowest BCUT2D eigenvalue weighted by atomic mass is 10.1. The second kappa shape index (κ2) is 13.3. The maximum atomic E-state index is 5.87. The Morgan fingerprint density at radius 1 is 1.18 bits per heavy atom. The molecule has 1 aliphatic heterocycles. The molecule has 2 N–H and O–H groups in total. The van der Waals surface area contributed by atoms with Crippen LogP contribution in [0.2, 0.25) is 0 Å². The Labute approximate surface area is 187 Å². The summed E-state index contributed by atoms with van der Waals surface area (Å²) < 4.78 is 11.3. The van der Waals surface area contributed by atoms with Gasteiger partial charge in [-0.1, -0.05) is 24.3 Å². The average Bonchev–Trinajstić information content (AvgIpc) is 2.65. The Bertz CT molecular complexity index is 584. The van der Waals surface area contributed by atoms with Gasteiger partial charge in [-0.15, -0.1) is 24.0 Å². The second-order valence-electron chi connectivity index (χ2n) is 7.80. The van der Waals surface area contributed by atoms with Gasteiger partial charge in [0, 0.05) is 32.7 Å². The summed E-state index contributed by atoms with van der Waals surface area (Å²) in [6.45, 7) is 16.0. The van der Waals surface area contributed by atoms with E-state index in [1.807, 2.05) is 0 Å². The maximum Gasteiger partial charge on any atom is 0.191 e. The molecule has 1 aliphatic rings. The Kier molecular flexibility index (Phi) is 12.0. The Hall–Kier alpha value is -0.900. The molecule has 0 spiro atoms. The molecule has 0 aromatic heterocycles. The van der Waals surface area contributed by atoms with Crippen molar-refractivity contribution in [1.29, 1.82) is 0 Å². The first-order chi connectivity index (χ1) is 13.0. The lowest BCUT2D eigenvalue weighted by molar-refractivity contribution is -0.0149. The Morgan fingerprint density at radius 2 is 1.89 bits per heavy atom. The van der Waals surface area contributed by atoms with Crippen LogP contribution in [0.5, 0.6) is 0 Å². The number of halogens is 1. The minimum Gasteiger partial charge on any atom is -0.379 e. The third kappa shape index (κ3) is 10.6. The summed E-state index contributed by atoms with van der Waals surface area (Å²) in [5, 5.41) is 6.75. The highest BCUT2D eigenvalue weighted by atomic mass is 127. The van der Waals surface area contributed by atoms with E-state index < -0.39 is 0 Å². The molecule has 0 radical (unpaired) electrons. The zero-order valence-electron chi connectivity index (χ0n) is 17.8. The van der Waals surface area contributed by atoms with E-state index in [1.165, 1.54) is 11.1 Å². The number of morpholine rings is 1. The van der Waals surface area contributed by atoms with Gasteiger partial charge in [-0.2, -0.15) is 0 Å². The van der Waals surface area contributed by atoms with Crippen molar-refractivity contribution in [3.63, 3.8) is 0 Å². The largest absolute Gasteiger partial charge is 0.379 e. The highest BCUT2D eigenvalue weighted by Crippen LogP contribution is 2.13. The number of nitrogens with zero attached hydrogens (tertiary/aromatic N) is 2. The molecule has 0 unspecified atom stereocenters. The lowest BCUT2D eigenvalue weighted by Crippen LogP contribution is -2.44. The fraction of sp³-hybridized carbons (Fsp3) is 0.667. The monoisotopic (exact) mass is 504 g/mol. The van der Waals surface area contributed by atoms with E-state index in [4.69, 9.17) is 14.5 Å². The highest BCUT2D eigenvalue weighted by molar-refractivity contribution is 14.0. The molecule has 0 saturated carbocycles. The molecule has 2 rings (SSSR count). The van der Waals surface area contributed by atoms with Crippen molar-refractivity contribution < 1.29 is 9.47 Å². The predicted octanol–water partition coefficient (Wildman–Crippen LogP) is 3.01. The zero-order valence-corrected chi connectivity index (χ0v) is 20.1. The molecular formula is C21H37IN4O2. The number of aliphatic imine (C=N–C) groups is 1. The molecule has 7 heteroatoms. The quantitative estimate of drug-likeness (QED) is 0.324. The molecule has 0 aliphatic carbocycles. The third-order valence-electron chi connectivity index (χ3n) is 4.25. The average molecular weight is 504 g/mol. The van der Waals surface area contributed by atoms with Crippen molar-refractivity contribution in [2.75, 3.05) is 45.9 Å². The maximum absolute atomic E-state index is 5.87. The van der Waals surface area contributed by atoms with Gasteiger partial charge in [0.15, 0.2) is 5.96 Å². The van der Waals surface area contributed by atoms with E-state index in [1.54, 1.807) is 0 Å². The zero-order chi connectivity index (χ0) is 19.5. The number of hydrogen-bond acceptors (Lipinski definition) is 4. The molecule has 1 aromatic rings. The molecule has 0 atom stereocenters. The number of nitrogens with one attached hydrogen (secondary N) is 2. The van der Waals surface area contributed by atoms with Crippen LogP contribution in [-0.4, -0.2) is 62.4 Å². The smallest absolute Gasteiger partial charge is 0.191 e. The van der Waals surface area contributed by atoms with Crippen LogP contribution in [0.25, 0.3) is 0 Å². The summed E-state index contributed by atoms with van der Waals surface area (Å²) in [5.74, 6) is 0.863. The van der Waals surface area contributed by atoms with Gasteiger partial charge < -0.3 is 20.1 Å². The van der Waals surface area contributed by atoms with Crippen LogP contribution in [0.15, 0.2) is 29.3 Å². The highest BCUT2D eigenvalue weighted by Gasteiger charge is 2.11. The Balaban J connectivity index is 0.00000392. The van der Waals surface area contributed by atoms with E-state index in [-0.39, 0.29) is 29.6 Å². The van der Waals surface area contributed by atoms with Crippen LogP contribution in [0, 0.1) is 0 Å². The summed E-state index contributed by atoms with van der Waals surface area (Å²) in [7, 11) is 0. The molecule has 1 aromatic carbocycles. The lowest BCUT2D eigenvalue weighted by Gasteiger charge is -2.26. The van der Waals surface area contributed by atoms with Crippen molar-refractivity contribution in [3.05, 3.63) is 35.4 Å². The topological polar surface area (TPSA) is 58.1 Å². The number of hydrogen-bond donors (Lipinski definition) is 2. The van der Waals surface area contributed by atoms with Gasteiger partial charge in [-0.05, 0) is 38.8 Å². The molecule has 1 heterocycles. The summed E-state index contributed by atoms with van der Waals surface area (Å²) >= 11 is 0. The minimum absolute atomic E-state index is 0. The number of benzene rings is 1. The normalized spacial score (nSPS) is 15.8. The predicted molar refractivity (Wildman–Crippen MR) is 126 cm³/mol. The SMILES string of the molecule is CCNC(=NCc1cccc(COC(C)(C)C)c1)NCCN1CCOCC1.I. The minimum atomic E-state index is -0.128. The fourth-order valence-corrected chi connectivity index (χ4v) is 2.79. The van der Waals surface area contributed by atoms with Crippen molar-refractivity contribution in [2.45, 2.75) is 46.4 Å². The van der Waals surface area contributed by atoms with Gasteiger partial charge in [-0.25, -0.2) is 4.99 Å². The van der Waals surface area contributed by atoms with Crippen LogP contribution < -0.4 is 10.6 Å². The van der Waals surface area contributed by atoms with Crippen LogP contribution in [0.3, 0.4) is 0 Å². The summed E-state index contributed by atoms with van der Waals surface area (Å²) in [5.41, 5.74) is 2.25. The molecule has 1 saturated heterocycles. The van der Waals surface area contributed by atoms with Gasteiger partial charge in [-0.3, -0.25) is 4.90 Å². The summed E-state index contributed by atoms with van der Waals surface area (Å²) in [4.78, 5) is 7.14. The summed E-state index contributed by atoms with van der Waals surface area (Å²) in [6, 6.07) is 8.46. The number of rotatable bonds is 8. The molecule has 6 nitrogen and oxygen atoms in total. The third-order valence-corrected chi connectivity index (χ3v) is 4.25. The molecule has 28 heavy (non-hydrogen) atoms. The number of ether oxygens (including phenoxy) is 2.